The van der Waals surface area contributed by atoms with Gasteiger partial charge in [-0.2, -0.15) is 13.2 Å². The number of thiol groups is 1. The number of para-hydroxylation sites is 1. The van der Waals surface area contributed by atoms with Gasteiger partial charge in [0.1, 0.15) is 6.04 Å². The number of carbonyl (C=O) groups is 2. The van der Waals surface area contributed by atoms with Crippen molar-refractivity contribution in [2.45, 2.75) is 30.1 Å². The van der Waals surface area contributed by atoms with Crippen molar-refractivity contribution in [1.29, 1.82) is 0 Å². The van der Waals surface area contributed by atoms with Crippen LogP contribution in [0.4, 0.5) is 23.7 Å². The maximum absolute atomic E-state index is 13.7. The third-order valence-electron chi connectivity index (χ3n) is 6.21. The molecule has 182 valence electrons. The van der Waals surface area contributed by atoms with E-state index in [-0.39, 0.29) is 23.5 Å². The summed E-state index contributed by atoms with van der Waals surface area (Å²) in [4.78, 5) is 33.9. The molecule has 1 aliphatic rings. The Kier molecular flexibility index (Phi) is 6.17. The number of amides is 3. The van der Waals surface area contributed by atoms with E-state index >= 15 is 0 Å². The highest BCUT2D eigenvalue weighted by molar-refractivity contribution is 7.80. The molecule has 1 aliphatic heterocycles. The van der Waals surface area contributed by atoms with Crippen LogP contribution in [0.3, 0.4) is 0 Å². The van der Waals surface area contributed by atoms with Crippen molar-refractivity contribution in [3.05, 3.63) is 102 Å². The number of imide groups is 1. The highest BCUT2D eigenvalue weighted by Crippen LogP contribution is 2.37. The highest BCUT2D eigenvalue weighted by atomic mass is 32.1. The van der Waals surface area contributed by atoms with Crippen LogP contribution in [0, 0.1) is 0 Å². The third-order valence-corrected chi connectivity index (χ3v) is 6.57. The Bertz CT molecular complexity index is 1450. The molecule has 3 aromatic carbocycles. The molecule has 9 heteroatoms. The summed E-state index contributed by atoms with van der Waals surface area (Å²) in [5, 5.41) is 0.849. The van der Waals surface area contributed by atoms with E-state index in [9.17, 15) is 22.8 Å². The van der Waals surface area contributed by atoms with E-state index in [0.29, 0.717) is 0 Å². The molecular weight excluding hydrogens is 487 g/mol. The monoisotopic (exact) mass is 507 g/mol. The standard InChI is InChI=1S/C27H20F3N3O2S/c28-27(29,30)19-10-11-22(24(36)15-19)33-25(34)23(14-17-6-2-1-3-7-17)32(26(33)35)16-18-12-13-31-21-9-5-4-8-20(18)21/h1-13,15,23,36H,14,16H2/t23-/m1/s1. The number of pyridine rings is 1. The molecule has 0 aliphatic carbocycles. The van der Waals surface area contributed by atoms with Crippen LogP contribution in [0.2, 0.25) is 0 Å². The van der Waals surface area contributed by atoms with Gasteiger partial charge in [0.25, 0.3) is 5.91 Å². The average Bonchev–Trinajstić information content (AvgIpc) is 3.08. The van der Waals surface area contributed by atoms with Gasteiger partial charge in [0, 0.05) is 29.4 Å². The molecule has 0 saturated carbocycles. The van der Waals surface area contributed by atoms with Gasteiger partial charge in [-0.1, -0.05) is 48.5 Å². The van der Waals surface area contributed by atoms with E-state index in [1.807, 2.05) is 54.6 Å². The normalized spacial score (nSPS) is 16.3. The smallest absolute Gasteiger partial charge is 0.307 e. The van der Waals surface area contributed by atoms with Gasteiger partial charge in [-0.05, 0) is 41.5 Å². The molecule has 4 aromatic rings. The minimum Gasteiger partial charge on any atom is -0.307 e. The summed E-state index contributed by atoms with van der Waals surface area (Å²) in [6.45, 7) is 0.129. The number of benzene rings is 3. The second kappa shape index (κ2) is 9.31. The van der Waals surface area contributed by atoms with Gasteiger partial charge in [0.2, 0.25) is 0 Å². The first-order valence-electron chi connectivity index (χ1n) is 11.2. The van der Waals surface area contributed by atoms with Gasteiger partial charge in [0.05, 0.1) is 16.8 Å². The van der Waals surface area contributed by atoms with Crippen LogP contribution in [0.1, 0.15) is 16.7 Å². The van der Waals surface area contributed by atoms with Gasteiger partial charge in [-0.15, -0.1) is 12.6 Å². The molecule has 2 heterocycles. The van der Waals surface area contributed by atoms with Gasteiger partial charge < -0.3 is 4.90 Å². The molecule has 5 rings (SSSR count). The number of rotatable bonds is 5. The van der Waals surface area contributed by atoms with Gasteiger partial charge >= 0.3 is 12.2 Å². The Morgan fingerprint density at radius 2 is 1.64 bits per heavy atom. The van der Waals surface area contributed by atoms with Crippen molar-refractivity contribution in [3.8, 4) is 0 Å². The lowest BCUT2D eigenvalue weighted by atomic mass is 10.0. The zero-order chi connectivity index (χ0) is 25.4. The minimum absolute atomic E-state index is 0.0153. The number of hydrogen-bond donors (Lipinski definition) is 1. The molecule has 1 fully saturated rings. The Morgan fingerprint density at radius 1 is 0.917 bits per heavy atom. The summed E-state index contributed by atoms with van der Waals surface area (Å²) in [5.41, 5.74) is 1.52. The predicted octanol–water partition coefficient (Wildman–Crippen LogP) is 6.12. The molecule has 3 amide bonds. The molecule has 0 radical (unpaired) electrons. The van der Waals surface area contributed by atoms with Crippen LogP contribution in [-0.2, 0) is 23.9 Å². The number of alkyl halides is 3. The largest absolute Gasteiger partial charge is 0.416 e. The number of halogens is 3. The minimum atomic E-state index is -4.57. The van der Waals surface area contributed by atoms with E-state index in [1.54, 1.807) is 12.3 Å². The van der Waals surface area contributed by atoms with Crippen LogP contribution < -0.4 is 4.90 Å². The lowest BCUT2D eigenvalue weighted by Crippen LogP contribution is -2.36. The van der Waals surface area contributed by atoms with E-state index in [1.165, 1.54) is 4.90 Å². The number of aromatic nitrogens is 1. The Morgan fingerprint density at radius 3 is 2.36 bits per heavy atom. The van der Waals surface area contributed by atoms with Crippen LogP contribution >= 0.6 is 12.6 Å². The van der Waals surface area contributed by atoms with Crippen molar-refractivity contribution in [3.63, 3.8) is 0 Å². The Hall–Kier alpha value is -3.85. The maximum Gasteiger partial charge on any atom is 0.416 e. The summed E-state index contributed by atoms with van der Waals surface area (Å²) < 4.78 is 39.5. The van der Waals surface area contributed by atoms with Gasteiger partial charge in [-0.3, -0.25) is 9.78 Å². The average molecular weight is 508 g/mol. The van der Waals surface area contributed by atoms with Crippen LogP contribution in [0.15, 0.2) is 90.0 Å². The Balaban J connectivity index is 1.55. The van der Waals surface area contributed by atoms with E-state index < -0.39 is 29.7 Å². The van der Waals surface area contributed by atoms with Crippen molar-refractivity contribution in [2.24, 2.45) is 0 Å². The molecule has 1 aromatic heterocycles. The van der Waals surface area contributed by atoms with Crippen molar-refractivity contribution in [2.75, 3.05) is 4.90 Å². The lowest BCUT2D eigenvalue weighted by Gasteiger charge is -2.23. The number of fused-ring (bicyclic) bond motifs is 1. The quantitative estimate of drug-likeness (QED) is 0.262. The molecule has 1 saturated heterocycles. The molecule has 5 nitrogen and oxygen atoms in total. The number of nitrogens with zero attached hydrogens (tertiary/aromatic N) is 3. The topological polar surface area (TPSA) is 53.5 Å². The number of carbonyl (C=O) groups excluding carboxylic acids is 2. The third kappa shape index (κ3) is 4.42. The number of urea groups is 1. The summed E-state index contributed by atoms with van der Waals surface area (Å²) in [7, 11) is 0. The summed E-state index contributed by atoms with van der Waals surface area (Å²) in [6.07, 6.45) is -2.67. The second-order valence-corrected chi connectivity index (χ2v) is 8.96. The first-order valence-corrected chi connectivity index (χ1v) is 11.6. The second-order valence-electron chi connectivity index (χ2n) is 8.48. The van der Waals surface area contributed by atoms with Gasteiger partial charge in [0.15, 0.2) is 0 Å². The van der Waals surface area contributed by atoms with E-state index in [0.717, 1.165) is 45.1 Å². The molecule has 0 unspecified atom stereocenters. The molecule has 0 spiro atoms. The zero-order valence-corrected chi connectivity index (χ0v) is 19.7. The fraction of sp³-hybridized carbons (Fsp3) is 0.148. The SMILES string of the molecule is O=C1[C@@H](Cc2ccccc2)N(Cc2ccnc3ccccc23)C(=O)N1c1ccc(C(F)(F)F)cc1S. The molecular formula is C27H20F3N3O2S. The van der Waals surface area contributed by atoms with E-state index in [4.69, 9.17) is 0 Å². The highest BCUT2D eigenvalue weighted by Gasteiger charge is 2.46. The van der Waals surface area contributed by atoms with Crippen molar-refractivity contribution >= 4 is 41.2 Å². The number of hydrogen-bond acceptors (Lipinski definition) is 4. The predicted molar refractivity (Wildman–Crippen MR) is 133 cm³/mol. The first-order chi connectivity index (χ1) is 17.2. The van der Waals surface area contributed by atoms with Crippen molar-refractivity contribution < 1.29 is 22.8 Å². The fourth-order valence-electron chi connectivity index (χ4n) is 4.44. The fourth-order valence-corrected chi connectivity index (χ4v) is 4.75. The first kappa shape index (κ1) is 23.9. The maximum atomic E-state index is 13.7. The Labute approximate surface area is 210 Å². The lowest BCUT2D eigenvalue weighted by molar-refractivity contribution is -0.137. The van der Waals surface area contributed by atoms with Crippen molar-refractivity contribution in [1.82, 2.24) is 9.88 Å². The van der Waals surface area contributed by atoms with Crippen LogP contribution in [0.5, 0.6) is 0 Å². The zero-order valence-electron chi connectivity index (χ0n) is 18.8. The van der Waals surface area contributed by atoms with Crippen LogP contribution in [0.25, 0.3) is 10.9 Å². The van der Waals surface area contributed by atoms with E-state index in [2.05, 4.69) is 17.6 Å². The summed E-state index contributed by atoms with van der Waals surface area (Å²) >= 11 is 4.19. The number of anilines is 1. The molecule has 0 N–H and O–H groups in total. The molecule has 1 atom stereocenters. The van der Waals surface area contributed by atoms with Gasteiger partial charge in [-0.25, -0.2) is 9.69 Å². The van der Waals surface area contributed by atoms with Crippen LogP contribution in [-0.4, -0.2) is 27.9 Å². The molecule has 36 heavy (non-hydrogen) atoms. The molecule has 0 bridgehead atoms. The summed E-state index contributed by atoms with van der Waals surface area (Å²) in [5.74, 6) is -0.516. The summed E-state index contributed by atoms with van der Waals surface area (Å²) in [6, 6.07) is 19.9.